The summed E-state index contributed by atoms with van der Waals surface area (Å²) < 4.78 is 0. The summed E-state index contributed by atoms with van der Waals surface area (Å²) in [6.45, 7) is 6.68. The summed E-state index contributed by atoms with van der Waals surface area (Å²) in [6.07, 6.45) is 7.60. The minimum atomic E-state index is -0.319. The van der Waals surface area contributed by atoms with Gasteiger partial charge in [-0.1, -0.05) is 40.0 Å². The Balaban J connectivity index is 2.35. The van der Waals surface area contributed by atoms with Crippen LogP contribution in [0.4, 0.5) is 0 Å². The molecule has 2 unspecified atom stereocenters. The maximum Gasteiger partial charge on any atom is 0.237 e. The van der Waals surface area contributed by atoms with Crippen LogP contribution in [0.5, 0.6) is 0 Å². The topological polar surface area (TPSA) is 55.1 Å². The smallest absolute Gasteiger partial charge is 0.237 e. The van der Waals surface area contributed by atoms with E-state index in [1.807, 2.05) is 0 Å². The van der Waals surface area contributed by atoms with Gasteiger partial charge in [0, 0.05) is 6.04 Å². The first-order chi connectivity index (χ1) is 7.94. The molecule has 0 bridgehead atoms. The summed E-state index contributed by atoms with van der Waals surface area (Å²) in [5.74, 6) is 0.0427. The Labute approximate surface area is 106 Å². The lowest BCUT2D eigenvalue weighted by Crippen LogP contribution is -2.47. The molecule has 0 aromatic carbocycles. The SMILES string of the molecule is CCCCC(N)C(=O)NC1CCCC(C)(C)C1. The molecule has 3 nitrogen and oxygen atoms in total. The third kappa shape index (κ3) is 5.07. The zero-order chi connectivity index (χ0) is 12.9. The van der Waals surface area contributed by atoms with Crippen molar-refractivity contribution in [1.82, 2.24) is 5.32 Å². The zero-order valence-corrected chi connectivity index (χ0v) is 11.6. The summed E-state index contributed by atoms with van der Waals surface area (Å²) >= 11 is 0. The van der Waals surface area contributed by atoms with Crippen LogP contribution in [-0.2, 0) is 4.79 Å². The van der Waals surface area contributed by atoms with E-state index >= 15 is 0 Å². The van der Waals surface area contributed by atoms with Crippen molar-refractivity contribution in [2.75, 3.05) is 0 Å². The predicted molar refractivity (Wildman–Crippen MR) is 71.7 cm³/mol. The highest BCUT2D eigenvalue weighted by Crippen LogP contribution is 2.35. The number of rotatable bonds is 5. The van der Waals surface area contributed by atoms with Crippen LogP contribution in [0.15, 0.2) is 0 Å². The molecule has 0 aliphatic heterocycles. The molecule has 3 heteroatoms. The number of carbonyl (C=O) groups excluding carboxylic acids is 1. The molecule has 1 aliphatic rings. The fourth-order valence-electron chi connectivity index (χ4n) is 2.68. The van der Waals surface area contributed by atoms with Gasteiger partial charge >= 0.3 is 0 Å². The van der Waals surface area contributed by atoms with E-state index in [1.165, 1.54) is 12.8 Å². The fourth-order valence-corrected chi connectivity index (χ4v) is 2.68. The number of carbonyl (C=O) groups is 1. The summed E-state index contributed by atoms with van der Waals surface area (Å²) in [6, 6.07) is 0.0129. The largest absolute Gasteiger partial charge is 0.352 e. The highest BCUT2D eigenvalue weighted by Gasteiger charge is 2.29. The monoisotopic (exact) mass is 240 g/mol. The number of unbranched alkanes of at least 4 members (excludes halogenated alkanes) is 1. The number of nitrogens with two attached hydrogens (primary N) is 1. The van der Waals surface area contributed by atoms with Gasteiger partial charge in [-0.25, -0.2) is 0 Å². The van der Waals surface area contributed by atoms with Crippen molar-refractivity contribution in [2.24, 2.45) is 11.1 Å². The maximum atomic E-state index is 11.9. The normalized spacial score (nSPS) is 25.3. The third-order valence-corrected chi connectivity index (χ3v) is 3.76. The van der Waals surface area contributed by atoms with Crippen molar-refractivity contribution in [3.63, 3.8) is 0 Å². The van der Waals surface area contributed by atoms with Crippen molar-refractivity contribution in [3.05, 3.63) is 0 Å². The van der Waals surface area contributed by atoms with E-state index in [0.717, 1.165) is 32.1 Å². The van der Waals surface area contributed by atoms with Crippen LogP contribution in [0, 0.1) is 5.41 Å². The molecule has 100 valence electrons. The van der Waals surface area contributed by atoms with E-state index in [-0.39, 0.29) is 11.9 Å². The Kier molecular flexibility index (Phi) is 5.44. The maximum absolute atomic E-state index is 11.9. The molecule has 1 rings (SSSR count). The van der Waals surface area contributed by atoms with Gasteiger partial charge < -0.3 is 11.1 Å². The molecule has 17 heavy (non-hydrogen) atoms. The van der Waals surface area contributed by atoms with Gasteiger partial charge in [0.15, 0.2) is 0 Å². The lowest BCUT2D eigenvalue weighted by atomic mass is 9.75. The Morgan fingerprint density at radius 2 is 2.24 bits per heavy atom. The van der Waals surface area contributed by atoms with Crippen LogP contribution in [0.2, 0.25) is 0 Å². The Bertz CT molecular complexity index is 251. The second-order valence-corrected chi connectivity index (χ2v) is 6.21. The molecular formula is C14H28N2O. The first kappa shape index (κ1) is 14.5. The molecular weight excluding hydrogens is 212 g/mol. The molecule has 1 fully saturated rings. The van der Waals surface area contributed by atoms with Crippen molar-refractivity contribution in [2.45, 2.75) is 77.8 Å². The third-order valence-electron chi connectivity index (χ3n) is 3.76. The number of hydrogen-bond donors (Lipinski definition) is 2. The lowest BCUT2D eigenvalue weighted by molar-refractivity contribution is -0.123. The second kappa shape index (κ2) is 6.39. The molecule has 3 N–H and O–H groups in total. The van der Waals surface area contributed by atoms with Gasteiger partial charge in [0.1, 0.15) is 0 Å². The molecule has 2 atom stereocenters. The number of hydrogen-bond acceptors (Lipinski definition) is 2. The number of amides is 1. The van der Waals surface area contributed by atoms with Gasteiger partial charge in [0.05, 0.1) is 6.04 Å². The van der Waals surface area contributed by atoms with Crippen LogP contribution in [0.1, 0.15) is 65.7 Å². The molecule has 0 saturated heterocycles. The van der Waals surface area contributed by atoms with Gasteiger partial charge in [-0.05, 0) is 31.1 Å². The van der Waals surface area contributed by atoms with Crippen LogP contribution in [0.3, 0.4) is 0 Å². The summed E-state index contributed by atoms with van der Waals surface area (Å²) in [4.78, 5) is 11.9. The first-order valence-electron chi connectivity index (χ1n) is 7.00. The molecule has 0 aromatic rings. The summed E-state index contributed by atoms with van der Waals surface area (Å²) in [5, 5.41) is 3.12. The van der Waals surface area contributed by atoms with Crippen molar-refractivity contribution < 1.29 is 4.79 Å². The van der Waals surface area contributed by atoms with E-state index < -0.39 is 0 Å². The van der Waals surface area contributed by atoms with E-state index in [1.54, 1.807) is 0 Å². The summed E-state index contributed by atoms with van der Waals surface area (Å²) in [5.41, 5.74) is 6.24. The molecule has 0 heterocycles. The molecule has 1 aliphatic carbocycles. The van der Waals surface area contributed by atoms with Gasteiger partial charge in [-0.3, -0.25) is 4.79 Å². The van der Waals surface area contributed by atoms with Crippen LogP contribution >= 0.6 is 0 Å². The minimum absolute atomic E-state index is 0.0427. The predicted octanol–water partition coefficient (Wildman–Crippen LogP) is 2.59. The van der Waals surface area contributed by atoms with E-state index in [4.69, 9.17) is 5.73 Å². The highest BCUT2D eigenvalue weighted by atomic mass is 16.2. The Hall–Kier alpha value is -0.570. The molecule has 0 spiro atoms. The lowest BCUT2D eigenvalue weighted by Gasteiger charge is -2.36. The average Bonchev–Trinajstić information content (AvgIpc) is 2.24. The van der Waals surface area contributed by atoms with Crippen LogP contribution in [0.25, 0.3) is 0 Å². The Morgan fingerprint density at radius 3 is 2.82 bits per heavy atom. The zero-order valence-electron chi connectivity index (χ0n) is 11.6. The second-order valence-electron chi connectivity index (χ2n) is 6.21. The van der Waals surface area contributed by atoms with Crippen LogP contribution < -0.4 is 11.1 Å². The van der Waals surface area contributed by atoms with Crippen molar-refractivity contribution in [3.8, 4) is 0 Å². The molecule has 0 aromatic heterocycles. The van der Waals surface area contributed by atoms with E-state index in [9.17, 15) is 4.79 Å². The van der Waals surface area contributed by atoms with Gasteiger partial charge in [0.25, 0.3) is 0 Å². The number of nitrogens with one attached hydrogen (secondary N) is 1. The quantitative estimate of drug-likeness (QED) is 0.776. The minimum Gasteiger partial charge on any atom is -0.352 e. The van der Waals surface area contributed by atoms with Crippen molar-refractivity contribution >= 4 is 5.91 Å². The molecule has 1 amide bonds. The van der Waals surface area contributed by atoms with Gasteiger partial charge in [0.2, 0.25) is 5.91 Å². The molecule has 1 saturated carbocycles. The van der Waals surface area contributed by atoms with Crippen LogP contribution in [-0.4, -0.2) is 18.0 Å². The van der Waals surface area contributed by atoms with Gasteiger partial charge in [-0.2, -0.15) is 0 Å². The highest BCUT2D eigenvalue weighted by molar-refractivity contribution is 5.81. The Morgan fingerprint density at radius 1 is 1.53 bits per heavy atom. The van der Waals surface area contributed by atoms with Gasteiger partial charge in [-0.15, -0.1) is 0 Å². The standard InChI is InChI=1S/C14H28N2O/c1-4-5-8-12(15)13(17)16-11-7-6-9-14(2,3)10-11/h11-12H,4-10,15H2,1-3H3,(H,16,17). The van der Waals surface area contributed by atoms with Crippen molar-refractivity contribution in [1.29, 1.82) is 0 Å². The average molecular weight is 240 g/mol. The molecule has 0 radical (unpaired) electrons. The first-order valence-corrected chi connectivity index (χ1v) is 7.00. The van der Waals surface area contributed by atoms with E-state index in [2.05, 4.69) is 26.1 Å². The fraction of sp³-hybridized carbons (Fsp3) is 0.929. The van der Waals surface area contributed by atoms with E-state index in [0.29, 0.717) is 11.5 Å². The summed E-state index contributed by atoms with van der Waals surface area (Å²) in [7, 11) is 0.